The molecule has 3 rings (SSSR count). The number of nitrogens with zero attached hydrogens (tertiary/aromatic N) is 1. The predicted octanol–water partition coefficient (Wildman–Crippen LogP) is 1.08. The Morgan fingerprint density at radius 3 is 3.15 bits per heavy atom. The molecule has 0 saturated heterocycles. The minimum atomic E-state index is -0.307. The van der Waals surface area contributed by atoms with Crippen LogP contribution in [-0.4, -0.2) is 33.9 Å². The molecule has 104 valence electrons. The van der Waals surface area contributed by atoms with E-state index in [2.05, 4.69) is 15.5 Å². The number of aromatic amines is 1. The Morgan fingerprint density at radius 2 is 2.35 bits per heavy atom. The third-order valence-electron chi connectivity index (χ3n) is 3.26. The molecule has 6 nitrogen and oxygen atoms in total. The number of fused-ring (bicyclic) bond motifs is 3. The van der Waals surface area contributed by atoms with E-state index in [0.717, 1.165) is 22.6 Å². The predicted molar refractivity (Wildman–Crippen MR) is 72.4 cm³/mol. The number of carbonyl (C=O) groups excluding carboxylic acids is 1. The number of ether oxygens (including phenoxy) is 1. The second-order valence-electron chi connectivity index (χ2n) is 4.77. The number of aromatic nitrogens is 2. The third kappa shape index (κ3) is 2.04. The van der Waals surface area contributed by atoms with Crippen molar-refractivity contribution in [3.63, 3.8) is 0 Å². The van der Waals surface area contributed by atoms with E-state index in [1.54, 1.807) is 6.92 Å². The number of hydrogen-bond acceptors (Lipinski definition) is 4. The van der Waals surface area contributed by atoms with Gasteiger partial charge in [-0.15, -0.1) is 0 Å². The zero-order valence-corrected chi connectivity index (χ0v) is 11.0. The van der Waals surface area contributed by atoms with Gasteiger partial charge < -0.3 is 15.2 Å². The first-order chi connectivity index (χ1) is 9.70. The molecule has 1 unspecified atom stereocenters. The van der Waals surface area contributed by atoms with E-state index < -0.39 is 0 Å². The van der Waals surface area contributed by atoms with Gasteiger partial charge in [-0.3, -0.25) is 9.89 Å². The molecular formula is C14H15N3O3. The summed E-state index contributed by atoms with van der Waals surface area (Å²) >= 11 is 0. The Labute approximate surface area is 115 Å². The van der Waals surface area contributed by atoms with E-state index in [0.29, 0.717) is 12.3 Å². The standard InChI is InChI=1S/C14H15N3O3/c1-8(6-18)15-14(19)13-10-7-20-11-5-3-2-4-9(11)12(10)16-17-13/h2-5,8,18H,6-7H2,1H3,(H,15,19)(H,16,17). The van der Waals surface area contributed by atoms with Gasteiger partial charge in [-0.25, -0.2) is 0 Å². The van der Waals surface area contributed by atoms with E-state index in [4.69, 9.17) is 9.84 Å². The molecule has 0 bridgehead atoms. The molecule has 20 heavy (non-hydrogen) atoms. The van der Waals surface area contributed by atoms with E-state index in [9.17, 15) is 4.79 Å². The molecule has 2 heterocycles. The van der Waals surface area contributed by atoms with Gasteiger partial charge in [0.2, 0.25) is 0 Å². The Morgan fingerprint density at radius 1 is 1.55 bits per heavy atom. The molecule has 0 spiro atoms. The molecule has 0 aliphatic carbocycles. The lowest BCUT2D eigenvalue weighted by molar-refractivity contribution is 0.0914. The smallest absolute Gasteiger partial charge is 0.270 e. The lowest BCUT2D eigenvalue weighted by Gasteiger charge is -2.17. The molecular weight excluding hydrogens is 258 g/mol. The van der Waals surface area contributed by atoms with Crippen molar-refractivity contribution in [2.45, 2.75) is 19.6 Å². The van der Waals surface area contributed by atoms with Crippen LogP contribution in [-0.2, 0) is 6.61 Å². The van der Waals surface area contributed by atoms with E-state index >= 15 is 0 Å². The summed E-state index contributed by atoms with van der Waals surface area (Å²) in [5.74, 6) is 0.477. The minimum absolute atomic E-state index is 0.110. The molecule has 2 aromatic rings. The van der Waals surface area contributed by atoms with Crippen molar-refractivity contribution >= 4 is 5.91 Å². The Bertz CT molecular complexity index is 651. The van der Waals surface area contributed by atoms with Crippen LogP contribution in [0.15, 0.2) is 24.3 Å². The molecule has 3 N–H and O–H groups in total. The van der Waals surface area contributed by atoms with Crippen LogP contribution >= 0.6 is 0 Å². The number of para-hydroxylation sites is 1. The maximum atomic E-state index is 12.1. The summed E-state index contributed by atoms with van der Waals surface area (Å²) in [5, 5.41) is 18.7. The zero-order chi connectivity index (χ0) is 14.1. The number of H-pyrrole nitrogens is 1. The minimum Gasteiger partial charge on any atom is -0.488 e. The Hall–Kier alpha value is -2.34. The number of rotatable bonds is 3. The molecule has 6 heteroatoms. The van der Waals surface area contributed by atoms with Crippen molar-refractivity contribution in [2.75, 3.05) is 6.61 Å². The molecule has 1 aromatic heterocycles. The summed E-state index contributed by atoms with van der Waals surface area (Å²) in [6.45, 7) is 1.92. The van der Waals surface area contributed by atoms with Crippen molar-refractivity contribution in [1.82, 2.24) is 15.5 Å². The third-order valence-corrected chi connectivity index (χ3v) is 3.26. The van der Waals surface area contributed by atoms with Gasteiger partial charge in [0.25, 0.3) is 5.91 Å². The van der Waals surface area contributed by atoms with Crippen molar-refractivity contribution in [3.8, 4) is 17.0 Å². The average molecular weight is 273 g/mol. The molecule has 0 fully saturated rings. The summed E-state index contributed by atoms with van der Waals surface area (Å²) in [6, 6.07) is 7.28. The van der Waals surface area contributed by atoms with Gasteiger partial charge >= 0.3 is 0 Å². The maximum Gasteiger partial charge on any atom is 0.270 e. The number of aliphatic hydroxyl groups is 1. The van der Waals surface area contributed by atoms with Crippen LogP contribution in [0, 0.1) is 0 Å². The number of hydrogen-bond donors (Lipinski definition) is 3. The summed E-state index contributed by atoms with van der Waals surface area (Å²) in [7, 11) is 0. The van der Waals surface area contributed by atoms with Crippen molar-refractivity contribution < 1.29 is 14.6 Å². The highest BCUT2D eigenvalue weighted by molar-refractivity contribution is 5.96. The van der Waals surface area contributed by atoms with Crippen molar-refractivity contribution in [2.24, 2.45) is 0 Å². The highest BCUT2D eigenvalue weighted by Crippen LogP contribution is 2.36. The molecule has 1 aliphatic heterocycles. The van der Waals surface area contributed by atoms with Gasteiger partial charge in [0.05, 0.1) is 6.61 Å². The summed E-state index contributed by atoms with van der Waals surface area (Å²) in [5.41, 5.74) is 2.74. The quantitative estimate of drug-likeness (QED) is 0.781. The van der Waals surface area contributed by atoms with Gasteiger partial charge in [0.15, 0.2) is 0 Å². The number of benzene rings is 1. The Kier molecular flexibility index (Phi) is 3.15. The molecule has 1 aliphatic rings. The van der Waals surface area contributed by atoms with Crippen LogP contribution in [0.3, 0.4) is 0 Å². The largest absolute Gasteiger partial charge is 0.488 e. The Balaban J connectivity index is 1.95. The first-order valence-electron chi connectivity index (χ1n) is 6.42. The fourth-order valence-corrected chi connectivity index (χ4v) is 2.20. The van der Waals surface area contributed by atoms with Crippen LogP contribution in [0.25, 0.3) is 11.3 Å². The molecule has 1 atom stereocenters. The van der Waals surface area contributed by atoms with Gasteiger partial charge in [-0.05, 0) is 19.1 Å². The molecule has 1 amide bonds. The lowest BCUT2D eigenvalue weighted by Crippen LogP contribution is -2.35. The molecule has 0 radical (unpaired) electrons. The number of aliphatic hydroxyl groups excluding tert-OH is 1. The van der Waals surface area contributed by atoms with Crippen LogP contribution < -0.4 is 10.1 Å². The maximum absolute atomic E-state index is 12.1. The fourth-order valence-electron chi connectivity index (χ4n) is 2.20. The fraction of sp³-hybridized carbons (Fsp3) is 0.286. The van der Waals surface area contributed by atoms with E-state index in [1.807, 2.05) is 24.3 Å². The van der Waals surface area contributed by atoms with Crippen molar-refractivity contribution in [3.05, 3.63) is 35.5 Å². The van der Waals surface area contributed by atoms with Gasteiger partial charge in [-0.2, -0.15) is 5.10 Å². The van der Waals surface area contributed by atoms with Crippen LogP contribution in [0.5, 0.6) is 5.75 Å². The van der Waals surface area contributed by atoms with Gasteiger partial charge in [0.1, 0.15) is 23.7 Å². The van der Waals surface area contributed by atoms with Gasteiger partial charge in [0, 0.05) is 17.2 Å². The summed E-state index contributed by atoms with van der Waals surface area (Å²) in [4.78, 5) is 12.1. The first-order valence-corrected chi connectivity index (χ1v) is 6.42. The molecule has 0 saturated carbocycles. The highest BCUT2D eigenvalue weighted by atomic mass is 16.5. The zero-order valence-electron chi connectivity index (χ0n) is 11.0. The number of nitrogens with one attached hydrogen (secondary N) is 2. The van der Waals surface area contributed by atoms with Crippen LogP contribution in [0.4, 0.5) is 0 Å². The highest BCUT2D eigenvalue weighted by Gasteiger charge is 2.26. The number of amides is 1. The number of carbonyl (C=O) groups is 1. The van der Waals surface area contributed by atoms with Gasteiger partial charge in [-0.1, -0.05) is 12.1 Å². The monoisotopic (exact) mass is 273 g/mol. The second-order valence-corrected chi connectivity index (χ2v) is 4.77. The SMILES string of the molecule is CC(CO)NC(=O)c1[nH]nc2c1COc1ccccc1-2. The summed E-state index contributed by atoms with van der Waals surface area (Å²) in [6.07, 6.45) is 0. The topological polar surface area (TPSA) is 87.2 Å². The second kappa shape index (κ2) is 4.97. The van der Waals surface area contributed by atoms with Crippen molar-refractivity contribution in [1.29, 1.82) is 0 Å². The first kappa shape index (κ1) is 12.7. The van der Waals surface area contributed by atoms with Crippen LogP contribution in [0.1, 0.15) is 23.0 Å². The molecule has 1 aromatic carbocycles. The summed E-state index contributed by atoms with van der Waals surface area (Å²) < 4.78 is 5.64. The van der Waals surface area contributed by atoms with E-state index in [1.165, 1.54) is 0 Å². The normalized spacial score (nSPS) is 13.9. The van der Waals surface area contributed by atoms with Crippen LogP contribution in [0.2, 0.25) is 0 Å². The van der Waals surface area contributed by atoms with E-state index in [-0.39, 0.29) is 18.6 Å². The average Bonchev–Trinajstić information content (AvgIpc) is 2.91. The lowest BCUT2D eigenvalue weighted by atomic mass is 10.0.